The van der Waals surface area contributed by atoms with Gasteiger partial charge in [0.1, 0.15) is 0 Å². The summed E-state index contributed by atoms with van der Waals surface area (Å²) in [5.74, 6) is 0.506. The number of anilines is 1. The highest BCUT2D eigenvalue weighted by Crippen LogP contribution is 2.40. The van der Waals surface area contributed by atoms with Gasteiger partial charge in [0.2, 0.25) is 0 Å². The first-order valence-corrected chi connectivity index (χ1v) is 16.3. The first-order chi connectivity index (χ1) is 17.2. The number of piperidine rings is 1. The Morgan fingerprint density at radius 2 is 1.84 bits per heavy atom. The van der Waals surface area contributed by atoms with Crippen LogP contribution < -0.4 is 5.32 Å². The third kappa shape index (κ3) is 9.01. The van der Waals surface area contributed by atoms with Crippen molar-refractivity contribution in [3.05, 3.63) is 54.1 Å². The highest BCUT2D eigenvalue weighted by Gasteiger charge is 2.48. The first-order valence-electron chi connectivity index (χ1n) is 11.8. The number of hydrogen-bond acceptors (Lipinski definition) is 7. The van der Waals surface area contributed by atoms with Crippen LogP contribution in [0.5, 0.6) is 0 Å². The number of alkyl halides is 3. The zero-order chi connectivity index (χ0) is 27.3. The lowest BCUT2D eigenvalue weighted by atomic mass is 10.1. The van der Waals surface area contributed by atoms with Crippen molar-refractivity contribution in [2.24, 2.45) is 0 Å². The Morgan fingerprint density at radius 3 is 2.43 bits per heavy atom. The van der Waals surface area contributed by atoms with Gasteiger partial charge in [0.25, 0.3) is 9.84 Å². The van der Waals surface area contributed by atoms with E-state index >= 15 is 0 Å². The second-order valence-electron chi connectivity index (χ2n) is 9.15. The molecular formula is C24H32F3N2O5PS2. The smallest absolute Gasteiger partial charge is 0.380 e. The van der Waals surface area contributed by atoms with Crippen molar-refractivity contribution < 1.29 is 35.6 Å². The topological polar surface area (TPSA) is 95.9 Å². The van der Waals surface area contributed by atoms with Crippen LogP contribution in [0.1, 0.15) is 24.8 Å². The van der Waals surface area contributed by atoms with Crippen molar-refractivity contribution >= 4 is 34.9 Å². The van der Waals surface area contributed by atoms with Crippen LogP contribution in [0.4, 0.5) is 18.9 Å². The van der Waals surface area contributed by atoms with E-state index in [-0.39, 0.29) is 17.8 Å². The molecule has 0 amide bonds. The van der Waals surface area contributed by atoms with E-state index in [2.05, 4.69) is 10.2 Å². The molecule has 13 heteroatoms. The van der Waals surface area contributed by atoms with Gasteiger partial charge in [-0.2, -0.15) is 13.2 Å². The summed E-state index contributed by atoms with van der Waals surface area (Å²) >= 11 is 1.53. The predicted molar refractivity (Wildman–Crippen MR) is 140 cm³/mol. The van der Waals surface area contributed by atoms with E-state index in [0.717, 1.165) is 11.0 Å². The van der Waals surface area contributed by atoms with Gasteiger partial charge in [-0.1, -0.05) is 24.3 Å². The van der Waals surface area contributed by atoms with E-state index in [0.29, 0.717) is 50.2 Å². The molecule has 0 aromatic heterocycles. The van der Waals surface area contributed by atoms with Crippen LogP contribution in [-0.4, -0.2) is 67.9 Å². The minimum atomic E-state index is -5.54. The highest BCUT2D eigenvalue weighted by atomic mass is 32.2. The molecule has 3 rings (SSSR count). The Labute approximate surface area is 220 Å². The van der Waals surface area contributed by atoms with Crippen molar-refractivity contribution in [3.63, 3.8) is 0 Å². The molecule has 1 aliphatic rings. The molecule has 2 aromatic carbocycles. The minimum Gasteiger partial charge on any atom is -0.380 e. The van der Waals surface area contributed by atoms with Crippen molar-refractivity contribution in [2.45, 2.75) is 53.6 Å². The highest BCUT2D eigenvalue weighted by molar-refractivity contribution is 7.99. The molecule has 0 aliphatic carbocycles. The van der Waals surface area contributed by atoms with Crippen LogP contribution in [0.2, 0.25) is 0 Å². The molecule has 206 valence electrons. The largest absolute Gasteiger partial charge is 0.501 e. The second-order valence-corrected chi connectivity index (χ2v) is 14.0. The fourth-order valence-corrected chi connectivity index (χ4v) is 6.84. The number of likely N-dealkylation sites (tertiary alicyclic amines) is 1. The molecule has 0 saturated carbocycles. The van der Waals surface area contributed by atoms with Gasteiger partial charge in [-0.15, -0.1) is 11.8 Å². The van der Waals surface area contributed by atoms with Crippen molar-refractivity contribution in [2.75, 3.05) is 37.4 Å². The number of hydrogen-bond donors (Lipinski definition) is 2. The minimum absolute atomic E-state index is 0.0738. The summed E-state index contributed by atoms with van der Waals surface area (Å²) < 4.78 is 81.5. The number of thioether (sulfide) groups is 1. The van der Waals surface area contributed by atoms with Gasteiger partial charge in [0.05, 0.1) is 16.7 Å². The predicted octanol–water partition coefficient (Wildman–Crippen LogP) is 5.55. The summed E-state index contributed by atoms with van der Waals surface area (Å²) in [6.07, 6.45) is 1.46. The number of benzene rings is 2. The Hall–Kier alpha value is -1.56. The standard InChI is InChI=1S/C24H32F3N2O5PS2/c1-18-8-9-22(23(16-18)37(32,33)24(25,26)27)28-19(17-36-21-6-4-3-5-7-21)10-13-29-14-11-20(12-15-29)34-35(2,30)31/h3-9,16,19-20,28H,10-15,17H2,1-2H3,(H,30,31)/t19-/m1/s1. The normalized spacial score (nSPS) is 18.3. The van der Waals surface area contributed by atoms with Crippen molar-refractivity contribution in [1.82, 2.24) is 4.90 Å². The number of nitrogens with one attached hydrogen (secondary N) is 1. The summed E-state index contributed by atoms with van der Waals surface area (Å²) in [6, 6.07) is 13.2. The van der Waals surface area contributed by atoms with E-state index in [1.165, 1.54) is 24.5 Å². The molecule has 0 bridgehead atoms. The fourth-order valence-electron chi connectivity index (χ4n) is 4.08. The molecule has 37 heavy (non-hydrogen) atoms. The SMILES string of the molecule is Cc1ccc(N[C@H](CCN2CCC(OP(C)(=O)O)CC2)CSc2ccccc2)c(S(=O)(=O)C(F)(F)F)c1. The van der Waals surface area contributed by atoms with Crippen LogP contribution in [0.15, 0.2) is 58.3 Å². The second kappa shape index (κ2) is 12.5. The maximum absolute atomic E-state index is 13.4. The zero-order valence-electron chi connectivity index (χ0n) is 20.6. The fraction of sp³-hybridized carbons (Fsp3) is 0.500. The Bertz CT molecular complexity index is 1180. The molecule has 0 spiro atoms. The third-order valence-electron chi connectivity index (χ3n) is 5.96. The Morgan fingerprint density at radius 1 is 1.19 bits per heavy atom. The van der Waals surface area contributed by atoms with E-state index in [1.807, 2.05) is 30.3 Å². The van der Waals surface area contributed by atoms with Crippen LogP contribution >= 0.6 is 19.4 Å². The van der Waals surface area contributed by atoms with Gasteiger partial charge in [0, 0.05) is 43.0 Å². The number of rotatable bonds is 11. The first kappa shape index (κ1) is 30.0. The number of nitrogens with zero attached hydrogens (tertiary/aromatic N) is 1. The Kier molecular flexibility index (Phi) is 10.2. The molecule has 1 aliphatic heterocycles. The Balaban J connectivity index is 1.73. The maximum Gasteiger partial charge on any atom is 0.501 e. The summed E-state index contributed by atoms with van der Waals surface area (Å²) in [4.78, 5) is 11.8. The molecular weight excluding hydrogens is 548 g/mol. The number of halogens is 3. The maximum atomic E-state index is 13.4. The zero-order valence-corrected chi connectivity index (χ0v) is 23.2. The van der Waals surface area contributed by atoms with Crippen LogP contribution in [-0.2, 0) is 18.9 Å². The average molecular weight is 581 g/mol. The van der Waals surface area contributed by atoms with Crippen LogP contribution in [0.3, 0.4) is 0 Å². The third-order valence-corrected chi connectivity index (χ3v) is 9.35. The van der Waals surface area contributed by atoms with Gasteiger partial charge < -0.3 is 19.6 Å². The van der Waals surface area contributed by atoms with Crippen LogP contribution in [0, 0.1) is 6.92 Å². The van der Waals surface area contributed by atoms with Gasteiger partial charge in [0.15, 0.2) is 0 Å². The summed E-state index contributed by atoms with van der Waals surface area (Å²) in [5, 5.41) is 3.08. The molecule has 1 saturated heterocycles. The average Bonchev–Trinajstić information content (AvgIpc) is 2.81. The quantitative estimate of drug-likeness (QED) is 0.264. The molecule has 7 nitrogen and oxygen atoms in total. The molecule has 1 fully saturated rings. The number of aryl methyl sites for hydroxylation is 1. The molecule has 2 N–H and O–H groups in total. The molecule has 0 radical (unpaired) electrons. The lowest BCUT2D eigenvalue weighted by Crippen LogP contribution is -2.39. The number of sulfone groups is 1. The van der Waals surface area contributed by atoms with Gasteiger partial charge >= 0.3 is 13.1 Å². The van der Waals surface area contributed by atoms with Crippen molar-refractivity contribution in [1.29, 1.82) is 0 Å². The summed E-state index contributed by atoms with van der Waals surface area (Å²) in [6.45, 7) is 4.64. The molecule has 2 aromatic rings. The van der Waals surface area contributed by atoms with E-state index in [4.69, 9.17) is 4.52 Å². The molecule has 2 atom stereocenters. The van der Waals surface area contributed by atoms with E-state index in [1.54, 1.807) is 13.0 Å². The summed E-state index contributed by atoms with van der Waals surface area (Å²) in [7, 11) is -9.09. The van der Waals surface area contributed by atoms with Gasteiger partial charge in [-0.05, 0) is 56.0 Å². The monoisotopic (exact) mass is 580 g/mol. The lowest BCUT2D eigenvalue weighted by molar-refractivity contribution is -0.0435. The lowest BCUT2D eigenvalue weighted by Gasteiger charge is -2.33. The van der Waals surface area contributed by atoms with E-state index in [9.17, 15) is 31.0 Å². The molecule has 1 heterocycles. The summed E-state index contributed by atoms with van der Waals surface area (Å²) in [5.41, 5.74) is -5.07. The van der Waals surface area contributed by atoms with E-state index < -0.39 is 27.8 Å². The van der Waals surface area contributed by atoms with Gasteiger partial charge in [-0.3, -0.25) is 4.57 Å². The van der Waals surface area contributed by atoms with Gasteiger partial charge in [-0.25, -0.2) is 8.42 Å². The van der Waals surface area contributed by atoms with Crippen LogP contribution in [0.25, 0.3) is 0 Å². The molecule has 1 unspecified atom stereocenters. The van der Waals surface area contributed by atoms with Crippen molar-refractivity contribution in [3.8, 4) is 0 Å².